The van der Waals surface area contributed by atoms with Gasteiger partial charge >= 0.3 is 6.18 Å². The molecular weight excluding hydrogens is 315 g/mol. The first-order valence-corrected chi connectivity index (χ1v) is 6.30. The molecule has 0 aliphatic carbocycles. The second-order valence-corrected chi connectivity index (χ2v) is 4.51. The number of halogens is 3. The third kappa shape index (κ3) is 2.72. The molecule has 8 nitrogen and oxygen atoms in total. The van der Waals surface area contributed by atoms with Crippen molar-refractivity contribution in [1.82, 2.24) is 34.7 Å². The number of hydrogen-bond donors (Lipinski definition) is 0. The fraction of sp³-hybridized carbons (Fsp3) is 0.250. The summed E-state index contributed by atoms with van der Waals surface area (Å²) in [6.45, 7) is 0. The number of methoxy groups -OCH3 is 1. The van der Waals surface area contributed by atoms with Gasteiger partial charge in [-0.25, -0.2) is 4.98 Å². The van der Waals surface area contributed by atoms with Gasteiger partial charge in [-0.2, -0.15) is 13.2 Å². The highest BCUT2D eigenvalue weighted by atomic mass is 19.4. The van der Waals surface area contributed by atoms with Crippen LogP contribution in [-0.4, -0.2) is 41.9 Å². The van der Waals surface area contributed by atoms with Crippen LogP contribution in [-0.2, 0) is 13.2 Å². The van der Waals surface area contributed by atoms with Crippen LogP contribution in [0, 0.1) is 0 Å². The molecular formula is C12H10F3N7O. The highest BCUT2D eigenvalue weighted by Crippen LogP contribution is 2.33. The summed E-state index contributed by atoms with van der Waals surface area (Å²) in [5.41, 5.74) is -0.807. The lowest BCUT2D eigenvalue weighted by molar-refractivity contribution is -0.142. The lowest BCUT2D eigenvalue weighted by atomic mass is 10.4. The minimum Gasteiger partial charge on any atom is -0.480 e. The van der Waals surface area contributed by atoms with E-state index < -0.39 is 11.9 Å². The van der Waals surface area contributed by atoms with Gasteiger partial charge in [0.2, 0.25) is 5.88 Å². The van der Waals surface area contributed by atoms with Crippen LogP contribution in [0.25, 0.3) is 17.3 Å². The number of aryl methyl sites for hydroxylation is 1. The van der Waals surface area contributed by atoms with E-state index in [1.807, 2.05) is 0 Å². The molecule has 0 aliphatic heterocycles. The molecule has 0 radical (unpaired) electrons. The van der Waals surface area contributed by atoms with E-state index in [4.69, 9.17) is 4.74 Å². The Balaban J connectivity index is 2.20. The average Bonchev–Trinajstić information content (AvgIpc) is 3.12. The summed E-state index contributed by atoms with van der Waals surface area (Å²) in [6, 6.07) is 2.76. The Morgan fingerprint density at radius 3 is 2.43 bits per heavy atom. The van der Waals surface area contributed by atoms with Gasteiger partial charge in [0.25, 0.3) is 0 Å². The van der Waals surface area contributed by atoms with E-state index in [-0.39, 0.29) is 23.2 Å². The van der Waals surface area contributed by atoms with E-state index in [0.29, 0.717) is 0 Å². The second-order valence-electron chi connectivity index (χ2n) is 4.51. The minimum absolute atomic E-state index is 0.0371. The molecule has 0 aromatic carbocycles. The predicted octanol–water partition coefficient (Wildman–Crippen LogP) is 1.49. The summed E-state index contributed by atoms with van der Waals surface area (Å²) < 4.78 is 46.8. The zero-order valence-electron chi connectivity index (χ0n) is 12.0. The maximum Gasteiger partial charge on any atom is 0.433 e. The van der Waals surface area contributed by atoms with Gasteiger partial charge in [0.15, 0.2) is 11.6 Å². The maximum atomic E-state index is 13.2. The summed E-state index contributed by atoms with van der Waals surface area (Å²) in [5.74, 6) is 0.0876. The first kappa shape index (κ1) is 14.9. The van der Waals surface area contributed by atoms with Gasteiger partial charge < -0.3 is 4.74 Å². The van der Waals surface area contributed by atoms with E-state index in [0.717, 1.165) is 10.8 Å². The quantitative estimate of drug-likeness (QED) is 0.725. The standard InChI is InChI=1S/C12H10F3N7O/c1-21-6-7(17-20-21)11-16-5-8(12(13,14)15)22(11)9-3-4-10(23-2)19-18-9/h3-6H,1-2H3. The first-order chi connectivity index (χ1) is 10.9. The SMILES string of the molecule is COc1ccc(-n2c(C(F)(F)F)cnc2-c2cn(C)nn2)nn1. The Kier molecular flexibility index (Phi) is 3.47. The molecule has 3 aromatic rings. The van der Waals surface area contributed by atoms with Crippen molar-refractivity contribution in [3.05, 3.63) is 30.2 Å². The molecule has 3 heterocycles. The molecule has 0 spiro atoms. The molecule has 0 saturated heterocycles. The summed E-state index contributed by atoms with van der Waals surface area (Å²) in [7, 11) is 2.98. The monoisotopic (exact) mass is 325 g/mol. The minimum atomic E-state index is -4.62. The van der Waals surface area contributed by atoms with Crippen molar-refractivity contribution in [2.24, 2.45) is 7.05 Å². The van der Waals surface area contributed by atoms with Gasteiger partial charge in [-0.05, 0) is 6.07 Å². The molecule has 0 saturated carbocycles. The largest absolute Gasteiger partial charge is 0.480 e. The van der Waals surface area contributed by atoms with Gasteiger partial charge in [0.05, 0.1) is 19.5 Å². The highest BCUT2D eigenvalue weighted by Gasteiger charge is 2.37. The number of aromatic nitrogens is 7. The third-order valence-electron chi connectivity index (χ3n) is 2.95. The molecule has 0 bridgehead atoms. The smallest absolute Gasteiger partial charge is 0.433 e. The van der Waals surface area contributed by atoms with E-state index in [2.05, 4.69) is 25.5 Å². The number of ether oxygens (including phenoxy) is 1. The number of rotatable bonds is 3. The van der Waals surface area contributed by atoms with Crippen LogP contribution < -0.4 is 4.74 Å². The van der Waals surface area contributed by atoms with Crippen molar-refractivity contribution in [3.63, 3.8) is 0 Å². The highest BCUT2D eigenvalue weighted by molar-refractivity contribution is 5.53. The van der Waals surface area contributed by atoms with Crippen molar-refractivity contribution >= 4 is 0 Å². The molecule has 120 valence electrons. The Morgan fingerprint density at radius 1 is 1.13 bits per heavy atom. The van der Waals surface area contributed by atoms with E-state index >= 15 is 0 Å². The first-order valence-electron chi connectivity index (χ1n) is 6.30. The fourth-order valence-electron chi connectivity index (χ4n) is 1.96. The van der Waals surface area contributed by atoms with Crippen molar-refractivity contribution in [2.45, 2.75) is 6.18 Å². The van der Waals surface area contributed by atoms with Crippen LogP contribution >= 0.6 is 0 Å². The van der Waals surface area contributed by atoms with Crippen LogP contribution in [0.2, 0.25) is 0 Å². The van der Waals surface area contributed by atoms with E-state index in [1.165, 1.54) is 30.1 Å². The van der Waals surface area contributed by atoms with E-state index in [9.17, 15) is 13.2 Å². The Bertz CT molecular complexity index is 822. The van der Waals surface area contributed by atoms with Gasteiger partial charge in [0.1, 0.15) is 11.4 Å². The van der Waals surface area contributed by atoms with Gasteiger partial charge in [0, 0.05) is 13.1 Å². The Hall–Kier alpha value is -2.98. The van der Waals surface area contributed by atoms with Crippen molar-refractivity contribution in [3.8, 4) is 23.2 Å². The lowest BCUT2D eigenvalue weighted by Gasteiger charge is -2.11. The molecule has 23 heavy (non-hydrogen) atoms. The topological polar surface area (TPSA) is 83.5 Å². The van der Waals surface area contributed by atoms with Gasteiger partial charge in [-0.3, -0.25) is 9.25 Å². The van der Waals surface area contributed by atoms with Crippen LogP contribution in [0.4, 0.5) is 13.2 Å². The Morgan fingerprint density at radius 2 is 1.91 bits per heavy atom. The summed E-state index contributed by atoms with van der Waals surface area (Å²) in [4.78, 5) is 3.81. The van der Waals surface area contributed by atoms with Crippen molar-refractivity contribution in [2.75, 3.05) is 7.11 Å². The molecule has 0 N–H and O–H groups in total. The van der Waals surface area contributed by atoms with Crippen LogP contribution in [0.3, 0.4) is 0 Å². The normalized spacial score (nSPS) is 11.7. The second kappa shape index (κ2) is 5.34. The maximum absolute atomic E-state index is 13.2. The van der Waals surface area contributed by atoms with Crippen LogP contribution in [0.15, 0.2) is 24.5 Å². The molecule has 3 aromatic heterocycles. The number of imidazole rings is 1. The zero-order chi connectivity index (χ0) is 16.6. The number of alkyl halides is 3. The summed E-state index contributed by atoms with van der Waals surface area (Å²) in [6.07, 6.45) is -2.44. The summed E-state index contributed by atoms with van der Waals surface area (Å²) >= 11 is 0. The molecule has 11 heteroatoms. The van der Waals surface area contributed by atoms with Crippen LogP contribution in [0.5, 0.6) is 5.88 Å². The summed E-state index contributed by atoms with van der Waals surface area (Å²) in [5, 5.41) is 14.9. The molecule has 0 unspecified atom stereocenters. The zero-order valence-corrected chi connectivity index (χ0v) is 12.0. The van der Waals surface area contributed by atoms with Crippen molar-refractivity contribution < 1.29 is 17.9 Å². The molecule has 3 rings (SSSR count). The molecule has 0 aliphatic rings. The number of hydrogen-bond acceptors (Lipinski definition) is 6. The average molecular weight is 325 g/mol. The Labute approximate surface area is 127 Å². The molecule has 0 amide bonds. The lowest BCUT2D eigenvalue weighted by Crippen LogP contribution is -2.14. The predicted molar refractivity (Wildman–Crippen MR) is 70.7 cm³/mol. The molecule has 0 fully saturated rings. The number of nitrogens with zero attached hydrogens (tertiary/aromatic N) is 7. The molecule has 0 atom stereocenters. The third-order valence-corrected chi connectivity index (χ3v) is 2.95. The fourth-order valence-corrected chi connectivity index (χ4v) is 1.96. The van der Waals surface area contributed by atoms with Crippen molar-refractivity contribution in [1.29, 1.82) is 0 Å². The van der Waals surface area contributed by atoms with E-state index in [1.54, 1.807) is 7.05 Å². The van der Waals surface area contributed by atoms with Gasteiger partial charge in [-0.15, -0.1) is 15.3 Å². The van der Waals surface area contributed by atoms with Gasteiger partial charge in [-0.1, -0.05) is 5.21 Å². The van der Waals surface area contributed by atoms with Crippen LogP contribution in [0.1, 0.15) is 5.69 Å².